The number of carbonyl (C=O) groups excluding carboxylic acids is 1. The molecule has 10 heteroatoms. The van der Waals surface area contributed by atoms with E-state index in [9.17, 15) is 18.0 Å². The maximum absolute atomic E-state index is 13.7. The summed E-state index contributed by atoms with van der Waals surface area (Å²) in [5.74, 6) is 0.348. The number of rotatable bonds is 3. The van der Waals surface area contributed by atoms with Crippen LogP contribution in [0, 0.1) is 6.92 Å². The predicted octanol–water partition coefficient (Wildman–Crippen LogP) is 4.70. The van der Waals surface area contributed by atoms with Crippen molar-refractivity contribution in [2.45, 2.75) is 13.1 Å². The monoisotopic (exact) mass is 440 g/mol. The van der Waals surface area contributed by atoms with Crippen molar-refractivity contribution in [2.24, 2.45) is 0 Å². The van der Waals surface area contributed by atoms with Gasteiger partial charge in [0.05, 0.1) is 11.9 Å². The van der Waals surface area contributed by atoms with E-state index in [1.54, 1.807) is 42.5 Å². The minimum atomic E-state index is -4.70. The smallest absolute Gasteiger partial charge is 0.433 e. The van der Waals surface area contributed by atoms with Crippen LogP contribution in [0.1, 0.15) is 21.6 Å². The molecule has 32 heavy (non-hydrogen) atoms. The summed E-state index contributed by atoms with van der Waals surface area (Å²) >= 11 is 0. The summed E-state index contributed by atoms with van der Waals surface area (Å²) in [6.07, 6.45) is -3.63. The second-order valence-electron chi connectivity index (χ2n) is 7.21. The second kappa shape index (κ2) is 7.26. The third-order valence-corrected chi connectivity index (χ3v) is 4.98. The summed E-state index contributed by atoms with van der Waals surface area (Å²) in [5.41, 5.74) is 0.605. The molecule has 5 rings (SSSR count). The van der Waals surface area contributed by atoms with Gasteiger partial charge in [-0.2, -0.15) is 18.3 Å². The summed E-state index contributed by atoms with van der Waals surface area (Å²) in [7, 11) is 0. The standard InChI is InChI=1S/C22H15F3N4O3/c1-12-2-4-13(5-3-12)16-9-19(22(23,24)25)29-20(28-16)15(10-26-29)21(30)27-14-6-7-17-18(8-14)32-11-31-17/h2-10H,11H2,1H3,(H,27,30). The van der Waals surface area contributed by atoms with E-state index in [0.29, 0.717) is 27.3 Å². The summed E-state index contributed by atoms with van der Waals surface area (Å²) in [4.78, 5) is 17.2. The number of ether oxygens (including phenoxy) is 2. The third kappa shape index (κ3) is 3.49. The zero-order chi connectivity index (χ0) is 22.5. The minimum absolute atomic E-state index is 0.0761. The van der Waals surface area contributed by atoms with Crippen molar-refractivity contribution in [3.05, 3.63) is 71.5 Å². The summed E-state index contributed by atoms with van der Waals surface area (Å²) in [6.45, 7) is 1.95. The fourth-order valence-electron chi connectivity index (χ4n) is 3.37. The van der Waals surface area contributed by atoms with E-state index in [1.165, 1.54) is 0 Å². The van der Waals surface area contributed by atoms with Crippen LogP contribution in [-0.4, -0.2) is 27.3 Å². The van der Waals surface area contributed by atoms with E-state index in [2.05, 4.69) is 15.4 Å². The van der Waals surface area contributed by atoms with E-state index in [0.717, 1.165) is 17.8 Å². The number of nitrogens with zero attached hydrogens (tertiary/aromatic N) is 3. The lowest BCUT2D eigenvalue weighted by Crippen LogP contribution is -2.15. The number of hydrogen-bond donors (Lipinski definition) is 1. The summed E-state index contributed by atoms with van der Waals surface area (Å²) in [5, 5.41) is 6.43. The molecule has 0 fully saturated rings. The number of alkyl halides is 3. The molecule has 0 bridgehead atoms. The number of aryl methyl sites for hydroxylation is 1. The van der Waals surface area contributed by atoms with Gasteiger partial charge < -0.3 is 14.8 Å². The highest BCUT2D eigenvalue weighted by Gasteiger charge is 2.36. The van der Waals surface area contributed by atoms with Gasteiger partial charge in [-0.25, -0.2) is 9.50 Å². The number of carbonyl (C=O) groups is 1. The van der Waals surface area contributed by atoms with E-state index in [-0.39, 0.29) is 23.7 Å². The first-order valence-electron chi connectivity index (χ1n) is 9.53. The Morgan fingerprint density at radius 2 is 1.81 bits per heavy atom. The molecule has 1 amide bonds. The Hall–Kier alpha value is -4.08. The first-order valence-corrected chi connectivity index (χ1v) is 9.53. The van der Waals surface area contributed by atoms with Crippen LogP contribution in [0.4, 0.5) is 18.9 Å². The van der Waals surface area contributed by atoms with Gasteiger partial charge >= 0.3 is 6.18 Å². The zero-order valence-corrected chi connectivity index (χ0v) is 16.6. The summed E-state index contributed by atoms with van der Waals surface area (Å²) in [6, 6.07) is 12.6. The van der Waals surface area contributed by atoms with Crippen LogP contribution in [0.25, 0.3) is 16.9 Å². The molecule has 0 spiro atoms. The van der Waals surface area contributed by atoms with Crippen LogP contribution >= 0.6 is 0 Å². The Balaban J connectivity index is 1.58. The van der Waals surface area contributed by atoms with Crippen LogP contribution in [0.2, 0.25) is 0 Å². The summed E-state index contributed by atoms with van der Waals surface area (Å²) < 4.78 is 52.4. The Kier molecular flexibility index (Phi) is 4.50. The maximum atomic E-state index is 13.7. The SMILES string of the molecule is Cc1ccc(-c2cc(C(F)(F)F)n3ncc(C(=O)Nc4ccc5c(c4)OCO5)c3n2)cc1. The topological polar surface area (TPSA) is 77.8 Å². The molecule has 0 atom stereocenters. The molecule has 0 unspecified atom stereocenters. The number of fused-ring (bicyclic) bond motifs is 2. The second-order valence-corrected chi connectivity index (χ2v) is 7.21. The first kappa shape index (κ1) is 19.9. The number of benzene rings is 2. The van der Waals surface area contributed by atoms with E-state index in [1.807, 2.05) is 6.92 Å². The van der Waals surface area contributed by atoms with Crippen LogP contribution in [-0.2, 0) is 6.18 Å². The number of anilines is 1. The Labute approximate surface area is 179 Å². The van der Waals surface area contributed by atoms with Crippen molar-refractivity contribution in [3.8, 4) is 22.8 Å². The van der Waals surface area contributed by atoms with Crippen LogP contribution in [0.3, 0.4) is 0 Å². The zero-order valence-electron chi connectivity index (χ0n) is 16.6. The molecule has 0 aliphatic carbocycles. The van der Waals surface area contributed by atoms with E-state index < -0.39 is 17.8 Å². The number of halogens is 3. The van der Waals surface area contributed by atoms with Gasteiger partial charge in [-0.05, 0) is 25.1 Å². The van der Waals surface area contributed by atoms with Gasteiger partial charge in [-0.1, -0.05) is 29.8 Å². The van der Waals surface area contributed by atoms with Crippen molar-refractivity contribution in [1.29, 1.82) is 0 Å². The molecule has 2 aromatic heterocycles. The van der Waals surface area contributed by atoms with Crippen molar-refractivity contribution < 1.29 is 27.4 Å². The molecule has 4 aromatic rings. The fourth-order valence-corrected chi connectivity index (χ4v) is 3.37. The normalized spacial score (nSPS) is 12.9. The van der Waals surface area contributed by atoms with Crippen molar-refractivity contribution in [3.63, 3.8) is 0 Å². The number of aromatic nitrogens is 3. The van der Waals surface area contributed by atoms with Gasteiger partial charge in [-0.3, -0.25) is 4.79 Å². The van der Waals surface area contributed by atoms with Crippen LogP contribution < -0.4 is 14.8 Å². The predicted molar refractivity (Wildman–Crippen MR) is 109 cm³/mol. The average molecular weight is 440 g/mol. The lowest BCUT2D eigenvalue weighted by atomic mass is 10.1. The van der Waals surface area contributed by atoms with Crippen molar-refractivity contribution >= 4 is 17.2 Å². The Bertz CT molecular complexity index is 1350. The van der Waals surface area contributed by atoms with Crippen LogP contribution in [0.15, 0.2) is 54.7 Å². The Morgan fingerprint density at radius 3 is 2.56 bits per heavy atom. The largest absolute Gasteiger partial charge is 0.454 e. The molecule has 0 radical (unpaired) electrons. The number of hydrogen-bond acceptors (Lipinski definition) is 5. The van der Waals surface area contributed by atoms with E-state index in [4.69, 9.17) is 9.47 Å². The van der Waals surface area contributed by atoms with Gasteiger partial charge in [0.1, 0.15) is 5.56 Å². The highest BCUT2D eigenvalue weighted by Crippen LogP contribution is 2.35. The van der Waals surface area contributed by atoms with Crippen molar-refractivity contribution in [1.82, 2.24) is 14.6 Å². The highest BCUT2D eigenvalue weighted by molar-refractivity contribution is 6.08. The molecule has 3 heterocycles. The molecule has 162 valence electrons. The van der Waals surface area contributed by atoms with Crippen LogP contribution in [0.5, 0.6) is 11.5 Å². The molecule has 0 saturated carbocycles. The molecule has 2 aromatic carbocycles. The average Bonchev–Trinajstić information content (AvgIpc) is 3.39. The molecular weight excluding hydrogens is 425 g/mol. The van der Waals surface area contributed by atoms with Gasteiger partial charge in [-0.15, -0.1) is 0 Å². The van der Waals surface area contributed by atoms with Crippen molar-refractivity contribution in [2.75, 3.05) is 12.1 Å². The third-order valence-electron chi connectivity index (χ3n) is 4.98. The quantitative estimate of drug-likeness (QED) is 0.500. The van der Waals surface area contributed by atoms with Gasteiger partial charge in [0.2, 0.25) is 6.79 Å². The van der Waals surface area contributed by atoms with Gasteiger partial charge in [0, 0.05) is 17.3 Å². The molecular formula is C22H15F3N4O3. The first-order chi connectivity index (χ1) is 15.3. The molecule has 1 aliphatic heterocycles. The highest BCUT2D eigenvalue weighted by atomic mass is 19.4. The lowest BCUT2D eigenvalue weighted by Gasteiger charge is -2.12. The number of amides is 1. The Morgan fingerprint density at radius 1 is 1.06 bits per heavy atom. The fraction of sp³-hybridized carbons (Fsp3) is 0.136. The van der Waals surface area contributed by atoms with Gasteiger partial charge in [0.15, 0.2) is 22.8 Å². The minimum Gasteiger partial charge on any atom is -0.454 e. The van der Waals surface area contributed by atoms with E-state index >= 15 is 0 Å². The van der Waals surface area contributed by atoms with Gasteiger partial charge in [0.25, 0.3) is 5.91 Å². The molecule has 7 nitrogen and oxygen atoms in total. The molecule has 1 N–H and O–H groups in total. The number of nitrogens with one attached hydrogen (secondary N) is 1. The maximum Gasteiger partial charge on any atom is 0.433 e. The lowest BCUT2D eigenvalue weighted by molar-refractivity contribution is -0.142. The molecule has 0 saturated heterocycles. The molecule has 1 aliphatic rings.